The van der Waals surface area contributed by atoms with Crippen LogP contribution in [0.1, 0.15) is 11.1 Å². The molecule has 5 nitrogen and oxygen atoms in total. The number of aryl methyl sites for hydroxylation is 1. The van der Waals surface area contributed by atoms with E-state index in [9.17, 15) is 15.0 Å². The number of aromatic hydroxyl groups is 2. The first-order valence-corrected chi connectivity index (χ1v) is 8.79. The molecule has 28 heavy (non-hydrogen) atoms. The second-order valence-electron chi connectivity index (χ2n) is 6.57. The zero-order valence-corrected chi connectivity index (χ0v) is 15.2. The third kappa shape index (κ3) is 3.30. The lowest BCUT2D eigenvalue weighted by Crippen LogP contribution is -2.10. The second kappa shape index (κ2) is 7.12. The van der Waals surface area contributed by atoms with Crippen molar-refractivity contribution < 1.29 is 19.4 Å². The summed E-state index contributed by atoms with van der Waals surface area (Å²) in [7, 11) is 0. The molecule has 0 atom stereocenters. The fourth-order valence-corrected chi connectivity index (χ4v) is 3.08. The van der Waals surface area contributed by atoms with Crippen LogP contribution in [0.25, 0.3) is 22.3 Å². The molecule has 0 spiro atoms. The van der Waals surface area contributed by atoms with Gasteiger partial charge in [-0.25, -0.2) is 0 Å². The number of hydrogen-bond acceptors (Lipinski definition) is 5. The molecule has 1 aromatic heterocycles. The molecule has 140 valence electrons. The molecule has 4 aromatic rings. The number of benzene rings is 3. The van der Waals surface area contributed by atoms with Crippen molar-refractivity contribution in [2.45, 2.75) is 13.5 Å². The van der Waals surface area contributed by atoms with Gasteiger partial charge >= 0.3 is 0 Å². The topological polar surface area (TPSA) is 79.9 Å². The van der Waals surface area contributed by atoms with Crippen molar-refractivity contribution in [3.05, 3.63) is 88.1 Å². The molecule has 0 unspecified atom stereocenters. The Morgan fingerprint density at radius 1 is 0.964 bits per heavy atom. The highest BCUT2D eigenvalue weighted by Gasteiger charge is 2.20. The first-order chi connectivity index (χ1) is 13.5. The van der Waals surface area contributed by atoms with Gasteiger partial charge in [-0.2, -0.15) is 0 Å². The number of fused-ring (bicyclic) bond motifs is 1. The van der Waals surface area contributed by atoms with Crippen molar-refractivity contribution >= 4 is 11.0 Å². The Labute approximate surface area is 161 Å². The quantitative estimate of drug-likeness (QED) is 0.538. The largest absolute Gasteiger partial charge is 0.508 e. The molecule has 0 aliphatic rings. The van der Waals surface area contributed by atoms with Crippen molar-refractivity contribution in [2.75, 3.05) is 0 Å². The molecule has 0 fully saturated rings. The van der Waals surface area contributed by atoms with E-state index in [0.717, 1.165) is 11.1 Å². The Bertz CT molecular complexity index is 1190. The number of phenols is 2. The van der Waals surface area contributed by atoms with Gasteiger partial charge < -0.3 is 19.4 Å². The van der Waals surface area contributed by atoms with Crippen molar-refractivity contribution in [1.82, 2.24) is 0 Å². The summed E-state index contributed by atoms with van der Waals surface area (Å²) in [6.45, 7) is 1.98. The summed E-state index contributed by atoms with van der Waals surface area (Å²) in [5, 5.41) is 19.9. The van der Waals surface area contributed by atoms with E-state index >= 15 is 0 Å². The normalized spacial score (nSPS) is 10.9. The van der Waals surface area contributed by atoms with Crippen molar-refractivity contribution in [2.24, 2.45) is 0 Å². The number of phenolic OH excluding ortho intramolecular Hbond substituents is 2. The summed E-state index contributed by atoms with van der Waals surface area (Å²) in [4.78, 5) is 13.1. The smallest absolute Gasteiger partial charge is 0.239 e. The third-order valence-corrected chi connectivity index (χ3v) is 4.43. The van der Waals surface area contributed by atoms with Gasteiger partial charge in [0, 0.05) is 5.56 Å². The van der Waals surface area contributed by atoms with Gasteiger partial charge in [0.25, 0.3) is 0 Å². The van der Waals surface area contributed by atoms with Gasteiger partial charge in [0.2, 0.25) is 11.2 Å². The number of rotatable bonds is 4. The van der Waals surface area contributed by atoms with Crippen LogP contribution >= 0.6 is 0 Å². The summed E-state index contributed by atoms with van der Waals surface area (Å²) < 4.78 is 11.8. The van der Waals surface area contributed by atoms with Crippen LogP contribution < -0.4 is 10.2 Å². The Kier molecular flexibility index (Phi) is 4.49. The van der Waals surface area contributed by atoms with E-state index in [0.29, 0.717) is 5.56 Å². The fraction of sp³-hybridized carbons (Fsp3) is 0.0870. The summed E-state index contributed by atoms with van der Waals surface area (Å²) in [6.07, 6.45) is 0. The molecule has 0 aliphatic heterocycles. The lowest BCUT2D eigenvalue weighted by molar-refractivity contribution is 0.297. The van der Waals surface area contributed by atoms with Gasteiger partial charge in [0.05, 0.1) is 0 Å². The Balaban J connectivity index is 1.91. The summed E-state index contributed by atoms with van der Waals surface area (Å²) in [5.41, 5.74) is 2.07. The highest BCUT2D eigenvalue weighted by molar-refractivity contribution is 5.87. The molecular weight excluding hydrogens is 356 g/mol. The zero-order valence-electron chi connectivity index (χ0n) is 15.2. The highest BCUT2D eigenvalue weighted by atomic mass is 16.5. The summed E-state index contributed by atoms with van der Waals surface area (Å²) >= 11 is 0. The lowest BCUT2D eigenvalue weighted by atomic mass is 10.1. The minimum atomic E-state index is -0.447. The minimum Gasteiger partial charge on any atom is -0.508 e. The molecule has 0 saturated carbocycles. The molecule has 3 aromatic carbocycles. The molecular formula is C23H18O5. The van der Waals surface area contributed by atoms with Crippen LogP contribution in [0, 0.1) is 6.92 Å². The van der Waals surface area contributed by atoms with Gasteiger partial charge in [-0.05, 0) is 54.4 Å². The fourth-order valence-electron chi connectivity index (χ4n) is 3.08. The van der Waals surface area contributed by atoms with E-state index < -0.39 is 5.43 Å². The van der Waals surface area contributed by atoms with Crippen molar-refractivity contribution in [3.63, 3.8) is 0 Å². The van der Waals surface area contributed by atoms with Gasteiger partial charge in [-0.15, -0.1) is 0 Å². The molecule has 5 heteroatoms. The SMILES string of the molecule is Cc1cc(O)c2c(=O)c(OCc3ccccc3)c(-c3ccc(O)cc3)oc2c1. The molecule has 4 rings (SSSR count). The summed E-state index contributed by atoms with van der Waals surface area (Å²) in [6, 6.07) is 19.0. The van der Waals surface area contributed by atoms with Gasteiger partial charge in [0.1, 0.15) is 29.1 Å². The highest BCUT2D eigenvalue weighted by Crippen LogP contribution is 2.35. The van der Waals surface area contributed by atoms with E-state index in [2.05, 4.69) is 0 Å². The predicted molar refractivity (Wildman–Crippen MR) is 107 cm³/mol. The molecule has 0 bridgehead atoms. The molecule has 0 radical (unpaired) electrons. The maximum atomic E-state index is 13.1. The maximum absolute atomic E-state index is 13.1. The van der Waals surface area contributed by atoms with Crippen LogP contribution in [-0.4, -0.2) is 10.2 Å². The molecule has 1 heterocycles. The number of ether oxygens (including phenoxy) is 1. The van der Waals surface area contributed by atoms with Crippen LogP contribution in [0.15, 0.2) is 75.9 Å². The van der Waals surface area contributed by atoms with Crippen LogP contribution in [0.2, 0.25) is 0 Å². The minimum absolute atomic E-state index is 0.0150. The van der Waals surface area contributed by atoms with Crippen LogP contribution in [0.3, 0.4) is 0 Å². The standard InChI is InChI=1S/C23H18O5/c1-14-11-18(25)20-19(12-14)28-22(16-7-9-17(24)10-8-16)23(21(20)26)27-13-15-5-3-2-4-6-15/h2-12,24-25H,13H2,1H3. The maximum Gasteiger partial charge on any atom is 0.239 e. The molecule has 2 N–H and O–H groups in total. The Hall–Kier alpha value is -3.73. The average molecular weight is 374 g/mol. The molecule has 0 amide bonds. The second-order valence-corrected chi connectivity index (χ2v) is 6.57. The third-order valence-electron chi connectivity index (χ3n) is 4.43. The van der Waals surface area contributed by atoms with Crippen LogP contribution in [0.5, 0.6) is 17.2 Å². The van der Waals surface area contributed by atoms with E-state index in [1.54, 1.807) is 25.1 Å². The van der Waals surface area contributed by atoms with Crippen LogP contribution in [-0.2, 0) is 6.61 Å². The first kappa shape index (κ1) is 17.7. The lowest BCUT2D eigenvalue weighted by Gasteiger charge is -2.13. The average Bonchev–Trinajstić information content (AvgIpc) is 2.68. The van der Waals surface area contributed by atoms with E-state index in [4.69, 9.17) is 9.15 Å². The predicted octanol–water partition coefficient (Wildman–Crippen LogP) is 4.76. The van der Waals surface area contributed by atoms with Crippen molar-refractivity contribution in [3.8, 4) is 28.6 Å². The summed E-state index contributed by atoms with van der Waals surface area (Å²) in [5.74, 6) is 0.220. The monoisotopic (exact) mass is 374 g/mol. The van der Waals surface area contributed by atoms with Crippen molar-refractivity contribution in [1.29, 1.82) is 0 Å². The zero-order chi connectivity index (χ0) is 19.7. The molecule has 0 saturated heterocycles. The van der Waals surface area contributed by atoms with E-state index in [1.165, 1.54) is 18.2 Å². The van der Waals surface area contributed by atoms with Gasteiger partial charge in [-0.1, -0.05) is 30.3 Å². The number of hydrogen-bond donors (Lipinski definition) is 2. The molecule has 0 aliphatic carbocycles. The van der Waals surface area contributed by atoms with Crippen LogP contribution in [0.4, 0.5) is 0 Å². The Morgan fingerprint density at radius 2 is 1.68 bits per heavy atom. The first-order valence-electron chi connectivity index (χ1n) is 8.79. The van der Waals surface area contributed by atoms with E-state index in [-0.39, 0.29) is 40.6 Å². The van der Waals surface area contributed by atoms with Gasteiger partial charge in [-0.3, -0.25) is 4.79 Å². The Morgan fingerprint density at radius 3 is 2.39 bits per heavy atom. The van der Waals surface area contributed by atoms with E-state index in [1.807, 2.05) is 30.3 Å². The van der Waals surface area contributed by atoms with Gasteiger partial charge in [0.15, 0.2) is 5.76 Å².